The number of rotatable bonds is 5. The highest BCUT2D eigenvalue weighted by Gasteiger charge is 2.35. The van der Waals surface area contributed by atoms with E-state index in [1.54, 1.807) is 37.3 Å². The molecule has 2 heterocycles. The molecule has 0 radical (unpaired) electrons. The zero-order valence-corrected chi connectivity index (χ0v) is 18.2. The van der Waals surface area contributed by atoms with Gasteiger partial charge in [0.25, 0.3) is 5.91 Å². The van der Waals surface area contributed by atoms with Gasteiger partial charge in [-0.2, -0.15) is 13.2 Å². The molecule has 2 amide bonds. The van der Waals surface area contributed by atoms with E-state index in [9.17, 15) is 22.8 Å². The van der Waals surface area contributed by atoms with Crippen molar-refractivity contribution in [1.29, 1.82) is 0 Å². The lowest BCUT2D eigenvalue weighted by Gasteiger charge is -2.15. The summed E-state index contributed by atoms with van der Waals surface area (Å²) < 4.78 is 45.9. The first-order chi connectivity index (χ1) is 16.6. The molecule has 0 fully saturated rings. The van der Waals surface area contributed by atoms with Crippen molar-refractivity contribution >= 4 is 40.1 Å². The maximum absolute atomic E-state index is 13.6. The van der Waals surface area contributed by atoms with Gasteiger partial charge in [-0.1, -0.05) is 23.9 Å². The lowest BCUT2D eigenvalue weighted by Crippen LogP contribution is -2.19. The summed E-state index contributed by atoms with van der Waals surface area (Å²) in [5.74, 6) is -1.53. The molecule has 0 saturated carbocycles. The van der Waals surface area contributed by atoms with Crippen molar-refractivity contribution in [3.8, 4) is 11.1 Å². The van der Waals surface area contributed by atoms with Crippen LogP contribution in [0.1, 0.15) is 21.6 Å². The topological polar surface area (TPSA) is 123 Å². The van der Waals surface area contributed by atoms with Gasteiger partial charge < -0.3 is 20.9 Å². The molecule has 0 saturated heterocycles. The standard InChI is InChI=1S/C24H18F3N5O3/c1-3-19(33)30-15-8-9-16(18(11-15)24(25,26)27)23(34)31-14-6-4-13(5-7-14)17-10-12(2)29-22-20(17)21(28)35-32-22/h3-11H,1,28H2,2H3,(H,30,33)(H,31,34). The number of fused-ring (bicyclic) bond motifs is 1. The number of benzene rings is 2. The minimum atomic E-state index is -4.82. The van der Waals surface area contributed by atoms with E-state index in [1.807, 2.05) is 0 Å². The molecule has 11 heteroatoms. The van der Waals surface area contributed by atoms with E-state index in [2.05, 4.69) is 27.4 Å². The van der Waals surface area contributed by atoms with E-state index >= 15 is 0 Å². The number of nitrogens with zero attached hydrogens (tertiary/aromatic N) is 2. The number of hydrogen-bond donors (Lipinski definition) is 3. The summed E-state index contributed by atoms with van der Waals surface area (Å²) in [6, 6.07) is 11.1. The van der Waals surface area contributed by atoms with Gasteiger partial charge in [0.2, 0.25) is 17.4 Å². The molecule has 4 N–H and O–H groups in total. The van der Waals surface area contributed by atoms with Gasteiger partial charge >= 0.3 is 6.18 Å². The van der Waals surface area contributed by atoms with E-state index in [-0.39, 0.29) is 17.3 Å². The molecular weight excluding hydrogens is 463 g/mol. The van der Waals surface area contributed by atoms with Gasteiger partial charge in [0, 0.05) is 22.6 Å². The number of amides is 2. The van der Waals surface area contributed by atoms with Gasteiger partial charge in [-0.3, -0.25) is 9.59 Å². The average Bonchev–Trinajstić information content (AvgIpc) is 3.18. The second-order valence-corrected chi connectivity index (χ2v) is 7.54. The predicted octanol–water partition coefficient (Wildman–Crippen LogP) is 5.18. The van der Waals surface area contributed by atoms with E-state index in [0.717, 1.165) is 12.1 Å². The van der Waals surface area contributed by atoms with Crippen LogP contribution < -0.4 is 16.4 Å². The molecule has 0 unspecified atom stereocenters. The SMILES string of the molecule is C=CC(=O)Nc1ccc(C(=O)Nc2ccc(-c3cc(C)nc4noc(N)c34)cc2)c(C(F)(F)F)c1. The number of nitrogens with two attached hydrogens (primary N) is 1. The fourth-order valence-corrected chi connectivity index (χ4v) is 3.51. The second-order valence-electron chi connectivity index (χ2n) is 7.54. The van der Waals surface area contributed by atoms with Crippen LogP contribution in [0.3, 0.4) is 0 Å². The smallest absolute Gasteiger partial charge is 0.367 e. The third-order valence-electron chi connectivity index (χ3n) is 5.08. The van der Waals surface area contributed by atoms with Crippen molar-refractivity contribution in [2.75, 3.05) is 16.4 Å². The lowest BCUT2D eigenvalue weighted by atomic mass is 10.0. The number of carbonyl (C=O) groups excluding carboxylic acids is 2. The van der Waals surface area contributed by atoms with Crippen LogP contribution in [-0.2, 0) is 11.0 Å². The van der Waals surface area contributed by atoms with E-state index in [0.29, 0.717) is 33.9 Å². The molecule has 0 aliphatic carbocycles. The van der Waals surface area contributed by atoms with Crippen molar-refractivity contribution in [2.45, 2.75) is 13.1 Å². The number of pyridine rings is 1. The van der Waals surface area contributed by atoms with Gasteiger partial charge in [-0.25, -0.2) is 4.98 Å². The van der Waals surface area contributed by atoms with Crippen LogP contribution in [0.15, 0.2) is 65.7 Å². The maximum atomic E-state index is 13.6. The highest BCUT2D eigenvalue weighted by molar-refractivity contribution is 6.06. The number of aryl methyl sites for hydroxylation is 1. The van der Waals surface area contributed by atoms with Gasteiger partial charge in [0.05, 0.1) is 16.5 Å². The van der Waals surface area contributed by atoms with Crippen molar-refractivity contribution in [1.82, 2.24) is 10.1 Å². The van der Waals surface area contributed by atoms with Crippen molar-refractivity contribution < 1.29 is 27.3 Å². The van der Waals surface area contributed by atoms with Crippen LogP contribution in [-0.4, -0.2) is 22.0 Å². The summed E-state index contributed by atoms with van der Waals surface area (Å²) in [7, 11) is 0. The number of hydrogen-bond acceptors (Lipinski definition) is 6. The molecule has 0 aliphatic heterocycles. The van der Waals surface area contributed by atoms with Crippen LogP contribution >= 0.6 is 0 Å². The third kappa shape index (κ3) is 4.83. The average molecular weight is 481 g/mol. The molecule has 4 rings (SSSR count). The molecule has 0 aliphatic rings. The monoisotopic (exact) mass is 481 g/mol. The Morgan fingerprint density at radius 1 is 1.06 bits per heavy atom. The number of carbonyl (C=O) groups is 2. The zero-order chi connectivity index (χ0) is 25.3. The predicted molar refractivity (Wildman–Crippen MR) is 125 cm³/mol. The van der Waals surface area contributed by atoms with E-state index in [1.165, 1.54) is 6.07 Å². The Bertz CT molecular complexity index is 1460. The van der Waals surface area contributed by atoms with Crippen LogP contribution in [0.25, 0.3) is 22.2 Å². The van der Waals surface area contributed by atoms with Crippen LogP contribution in [0.4, 0.5) is 30.4 Å². The molecule has 4 aromatic rings. The Morgan fingerprint density at radius 2 is 1.74 bits per heavy atom. The molecular formula is C24H18F3N5O3. The minimum Gasteiger partial charge on any atom is -0.367 e. The van der Waals surface area contributed by atoms with Crippen molar-refractivity contribution in [3.63, 3.8) is 0 Å². The molecule has 8 nitrogen and oxygen atoms in total. The van der Waals surface area contributed by atoms with Gasteiger partial charge in [-0.05, 0) is 55.0 Å². The van der Waals surface area contributed by atoms with Crippen molar-refractivity contribution in [3.05, 3.63) is 78.0 Å². The van der Waals surface area contributed by atoms with Crippen LogP contribution in [0.5, 0.6) is 0 Å². The summed E-state index contributed by atoms with van der Waals surface area (Å²) in [5, 5.41) is 9.07. The molecule has 0 atom stereocenters. The Labute approximate surface area is 196 Å². The summed E-state index contributed by atoms with van der Waals surface area (Å²) >= 11 is 0. The molecule has 2 aromatic carbocycles. The summed E-state index contributed by atoms with van der Waals surface area (Å²) in [6.45, 7) is 5.04. The molecule has 2 aromatic heterocycles. The fraction of sp³-hybridized carbons (Fsp3) is 0.0833. The summed E-state index contributed by atoms with van der Waals surface area (Å²) in [4.78, 5) is 28.4. The largest absolute Gasteiger partial charge is 0.417 e. The molecule has 35 heavy (non-hydrogen) atoms. The van der Waals surface area contributed by atoms with Gasteiger partial charge in [-0.15, -0.1) is 0 Å². The first-order valence-corrected chi connectivity index (χ1v) is 10.2. The van der Waals surface area contributed by atoms with Crippen LogP contribution in [0.2, 0.25) is 0 Å². The number of halogens is 3. The number of alkyl halides is 3. The molecule has 178 valence electrons. The number of nitrogen functional groups attached to an aromatic ring is 1. The quantitative estimate of drug-likeness (QED) is 0.338. The van der Waals surface area contributed by atoms with Gasteiger partial charge in [0.15, 0.2) is 0 Å². The Morgan fingerprint density at radius 3 is 2.40 bits per heavy atom. The normalized spacial score (nSPS) is 11.3. The molecule has 0 spiro atoms. The second kappa shape index (κ2) is 8.93. The number of aromatic nitrogens is 2. The number of anilines is 3. The Hall–Kier alpha value is -4.67. The lowest BCUT2D eigenvalue weighted by molar-refractivity contribution is -0.137. The first-order valence-electron chi connectivity index (χ1n) is 10.2. The fourth-order valence-electron chi connectivity index (χ4n) is 3.51. The van der Waals surface area contributed by atoms with Crippen molar-refractivity contribution in [2.24, 2.45) is 0 Å². The van der Waals surface area contributed by atoms with Gasteiger partial charge in [0.1, 0.15) is 0 Å². The highest BCUT2D eigenvalue weighted by atomic mass is 19.4. The summed E-state index contributed by atoms with van der Waals surface area (Å²) in [6.07, 6.45) is -3.90. The maximum Gasteiger partial charge on any atom is 0.417 e. The van der Waals surface area contributed by atoms with E-state index < -0.39 is 29.1 Å². The minimum absolute atomic E-state index is 0.104. The Kier molecular flexibility index (Phi) is 6.00. The van der Waals surface area contributed by atoms with E-state index in [4.69, 9.17) is 10.3 Å². The number of nitrogens with one attached hydrogen (secondary N) is 2. The Balaban J connectivity index is 1.61. The highest BCUT2D eigenvalue weighted by Crippen LogP contribution is 2.35. The zero-order valence-electron chi connectivity index (χ0n) is 18.2. The third-order valence-corrected chi connectivity index (χ3v) is 5.08. The summed E-state index contributed by atoms with van der Waals surface area (Å²) in [5.41, 5.74) is 6.71. The molecule has 0 bridgehead atoms. The van der Waals surface area contributed by atoms with Crippen LogP contribution in [0, 0.1) is 6.92 Å². The first kappa shape index (κ1) is 23.5.